The zero-order chi connectivity index (χ0) is 22.7. The number of thiazole rings is 1. The molecule has 0 spiro atoms. The van der Waals surface area contributed by atoms with Gasteiger partial charge in [0.25, 0.3) is 0 Å². The number of benzene rings is 2. The van der Waals surface area contributed by atoms with Crippen molar-refractivity contribution < 1.29 is 17.9 Å². The molecule has 2 aromatic heterocycles. The fourth-order valence-corrected chi connectivity index (χ4v) is 4.62. The van der Waals surface area contributed by atoms with E-state index in [1.807, 2.05) is 17.0 Å². The number of halogens is 4. The second-order valence-corrected chi connectivity index (χ2v) is 8.95. The number of aromatic nitrogens is 4. The van der Waals surface area contributed by atoms with Gasteiger partial charge in [-0.3, -0.25) is 0 Å². The van der Waals surface area contributed by atoms with Crippen molar-refractivity contribution in [1.82, 2.24) is 19.7 Å². The molecule has 0 aliphatic heterocycles. The number of nitrogens with zero attached hydrogens (tertiary/aromatic N) is 4. The molecule has 0 saturated carbocycles. The minimum absolute atomic E-state index is 0.252. The maximum Gasteiger partial charge on any atom is 0.416 e. The first kappa shape index (κ1) is 22.6. The summed E-state index contributed by atoms with van der Waals surface area (Å²) in [6, 6.07) is 12.2. The fraction of sp³-hybridized carbons (Fsp3) is 0.190. The van der Waals surface area contributed by atoms with E-state index < -0.39 is 11.7 Å². The van der Waals surface area contributed by atoms with Crippen molar-refractivity contribution in [2.45, 2.75) is 23.7 Å². The van der Waals surface area contributed by atoms with E-state index in [1.165, 1.54) is 29.2 Å². The van der Waals surface area contributed by atoms with E-state index in [0.29, 0.717) is 38.1 Å². The van der Waals surface area contributed by atoms with E-state index in [9.17, 15) is 13.2 Å². The topological polar surface area (TPSA) is 52.8 Å². The second-order valence-electron chi connectivity index (χ2n) is 6.71. The van der Waals surface area contributed by atoms with Gasteiger partial charge >= 0.3 is 6.18 Å². The molecule has 2 heterocycles. The van der Waals surface area contributed by atoms with Crippen LogP contribution in [0.5, 0.6) is 5.75 Å². The molecule has 0 fully saturated rings. The Balaban J connectivity index is 1.38. The largest absolute Gasteiger partial charge is 0.486 e. The molecule has 0 aliphatic rings. The molecule has 11 heteroatoms. The summed E-state index contributed by atoms with van der Waals surface area (Å²) in [6.45, 7) is 0.252. The van der Waals surface area contributed by atoms with Gasteiger partial charge in [-0.1, -0.05) is 35.5 Å². The number of ether oxygens (including phenoxy) is 1. The number of rotatable bonds is 7. The predicted molar refractivity (Wildman–Crippen MR) is 119 cm³/mol. The Kier molecular flexibility index (Phi) is 6.73. The summed E-state index contributed by atoms with van der Waals surface area (Å²) in [5.41, 5.74) is 0.518. The van der Waals surface area contributed by atoms with Crippen molar-refractivity contribution in [3.05, 3.63) is 76.0 Å². The third kappa shape index (κ3) is 5.43. The summed E-state index contributed by atoms with van der Waals surface area (Å²) in [5.74, 6) is 1.85. The van der Waals surface area contributed by atoms with Gasteiger partial charge in [0, 0.05) is 28.8 Å². The van der Waals surface area contributed by atoms with E-state index in [1.54, 1.807) is 30.3 Å². The summed E-state index contributed by atoms with van der Waals surface area (Å²) in [7, 11) is 1.85. The molecule has 0 unspecified atom stereocenters. The molecule has 0 aliphatic carbocycles. The molecule has 4 rings (SSSR count). The second kappa shape index (κ2) is 9.51. The highest BCUT2D eigenvalue weighted by atomic mass is 35.5. The molecule has 4 aromatic rings. The van der Waals surface area contributed by atoms with Gasteiger partial charge in [-0.25, -0.2) is 4.98 Å². The first-order valence-corrected chi connectivity index (χ1v) is 11.6. The summed E-state index contributed by atoms with van der Waals surface area (Å²) >= 11 is 8.62. The van der Waals surface area contributed by atoms with Crippen LogP contribution in [0.3, 0.4) is 0 Å². The lowest BCUT2D eigenvalue weighted by Crippen LogP contribution is -2.04. The van der Waals surface area contributed by atoms with Gasteiger partial charge in [0.05, 0.1) is 11.3 Å². The molecule has 5 nitrogen and oxygen atoms in total. The summed E-state index contributed by atoms with van der Waals surface area (Å²) in [5, 5.41) is 12.0. The molecule has 0 saturated heterocycles. The van der Waals surface area contributed by atoms with Gasteiger partial charge in [-0.15, -0.1) is 21.5 Å². The van der Waals surface area contributed by atoms with Crippen molar-refractivity contribution in [2.24, 2.45) is 7.05 Å². The van der Waals surface area contributed by atoms with Gasteiger partial charge in [0.15, 0.2) is 11.0 Å². The average Bonchev–Trinajstić information content (AvgIpc) is 3.38. The third-order valence-corrected chi connectivity index (χ3v) is 6.69. The van der Waals surface area contributed by atoms with E-state index in [0.717, 1.165) is 17.8 Å². The monoisotopic (exact) mass is 496 g/mol. The zero-order valence-electron chi connectivity index (χ0n) is 16.6. The molecule has 32 heavy (non-hydrogen) atoms. The fourth-order valence-electron chi connectivity index (χ4n) is 2.75. The van der Waals surface area contributed by atoms with E-state index in [-0.39, 0.29) is 6.61 Å². The number of alkyl halides is 3. The lowest BCUT2D eigenvalue weighted by molar-refractivity contribution is -0.137. The molecule has 0 bridgehead atoms. The van der Waals surface area contributed by atoms with Crippen LogP contribution in [0.1, 0.15) is 17.1 Å². The SMILES string of the molecule is Cn1c(COc2ccc(Cl)cc2)nnc1SCc1csc(-c2cccc(C(F)(F)F)c2)n1. The first-order valence-electron chi connectivity index (χ1n) is 9.31. The highest BCUT2D eigenvalue weighted by Crippen LogP contribution is 2.33. The highest BCUT2D eigenvalue weighted by molar-refractivity contribution is 7.98. The Morgan fingerprint density at radius 1 is 1.12 bits per heavy atom. The molecular weight excluding hydrogens is 481 g/mol. The molecule has 2 aromatic carbocycles. The zero-order valence-corrected chi connectivity index (χ0v) is 19.0. The third-order valence-electron chi connectivity index (χ3n) is 4.44. The van der Waals surface area contributed by atoms with Crippen LogP contribution in [-0.2, 0) is 25.6 Å². The smallest absolute Gasteiger partial charge is 0.416 e. The standard InChI is InChI=1S/C21H16ClF3N4OS2/c1-29-18(10-30-17-7-5-15(22)6-8-17)27-28-20(29)32-12-16-11-31-19(26-16)13-3-2-4-14(9-13)21(23,24)25/h2-9,11H,10,12H2,1H3. The maximum absolute atomic E-state index is 13.0. The Morgan fingerprint density at radius 2 is 1.91 bits per heavy atom. The molecule has 0 atom stereocenters. The molecule has 0 radical (unpaired) electrons. The van der Waals surface area contributed by atoms with Crippen LogP contribution in [0.25, 0.3) is 10.6 Å². The van der Waals surface area contributed by atoms with Crippen LogP contribution in [0, 0.1) is 0 Å². The molecule has 0 amide bonds. The van der Waals surface area contributed by atoms with Crippen LogP contribution in [0.4, 0.5) is 13.2 Å². The van der Waals surface area contributed by atoms with Gasteiger partial charge in [0.2, 0.25) is 0 Å². The number of hydrogen-bond acceptors (Lipinski definition) is 6. The minimum Gasteiger partial charge on any atom is -0.486 e. The summed E-state index contributed by atoms with van der Waals surface area (Å²) in [4.78, 5) is 4.48. The molecule has 0 N–H and O–H groups in total. The quantitative estimate of drug-likeness (QED) is 0.274. The van der Waals surface area contributed by atoms with E-state index in [4.69, 9.17) is 16.3 Å². The van der Waals surface area contributed by atoms with Gasteiger partial charge in [0.1, 0.15) is 17.4 Å². The normalized spacial score (nSPS) is 11.7. The number of hydrogen-bond donors (Lipinski definition) is 0. The average molecular weight is 497 g/mol. The lowest BCUT2D eigenvalue weighted by atomic mass is 10.1. The minimum atomic E-state index is -4.38. The van der Waals surface area contributed by atoms with E-state index >= 15 is 0 Å². The van der Waals surface area contributed by atoms with Crippen LogP contribution in [-0.4, -0.2) is 19.7 Å². The van der Waals surface area contributed by atoms with Crippen LogP contribution < -0.4 is 4.74 Å². The Labute approximate surface area is 195 Å². The Morgan fingerprint density at radius 3 is 2.66 bits per heavy atom. The molecular formula is C21H16ClF3N4OS2. The van der Waals surface area contributed by atoms with Crippen LogP contribution in [0.2, 0.25) is 5.02 Å². The predicted octanol–water partition coefficient (Wildman–Crippen LogP) is 6.48. The Hall–Kier alpha value is -2.56. The van der Waals surface area contributed by atoms with Crippen molar-refractivity contribution >= 4 is 34.7 Å². The Bertz CT molecular complexity index is 1210. The van der Waals surface area contributed by atoms with E-state index in [2.05, 4.69) is 15.2 Å². The summed E-state index contributed by atoms with van der Waals surface area (Å²) < 4.78 is 46.4. The van der Waals surface area contributed by atoms with Crippen LogP contribution >= 0.6 is 34.7 Å². The molecule has 166 valence electrons. The summed E-state index contributed by atoms with van der Waals surface area (Å²) in [6.07, 6.45) is -4.38. The van der Waals surface area contributed by atoms with Gasteiger partial charge < -0.3 is 9.30 Å². The lowest BCUT2D eigenvalue weighted by Gasteiger charge is -2.07. The van der Waals surface area contributed by atoms with Gasteiger partial charge in [-0.2, -0.15) is 13.2 Å². The number of thioether (sulfide) groups is 1. The van der Waals surface area contributed by atoms with Crippen molar-refractivity contribution in [3.8, 4) is 16.3 Å². The van der Waals surface area contributed by atoms with Crippen molar-refractivity contribution in [3.63, 3.8) is 0 Å². The maximum atomic E-state index is 13.0. The van der Waals surface area contributed by atoms with Crippen molar-refractivity contribution in [1.29, 1.82) is 0 Å². The van der Waals surface area contributed by atoms with Gasteiger partial charge in [-0.05, 0) is 36.4 Å². The van der Waals surface area contributed by atoms with Crippen molar-refractivity contribution in [2.75, 3.05) is 0 Å². The highest BCUT2D eigenvalue weighted by Gasteiger charge is 2.30. The van der Waals surface area contributed by atoms with Crippen LogP contribution in [0.15, 0.2) is 59.1 Å². The first-order chi connectivity index (χ1) is 15.3.